The van der Waals surface area contributed by atoms with Gasteiger partial charge in [-0.3, -0.25) is 0 Å². The molecule has 0 saturated heterocycles. The highest BCUT2D eigenvalue weighted by molar-refractivity contribution is 5.81. The molecule has 0 saturated carbocycles. The van der Waals surface area contributed by atoms with Gasteiger partial charge in [0.25, 0.3) is 0 Å². The Morgan fingerprint density at radius 2 is 0.556 bits per heavy atom. The highest BCUT2D eigenvalue weighted by Crippen LogP contribution is 2.11. The number of hydrogen-bond donors (Lipinski definition) is 0. The van der Waals surface area contributed by atoms with Gasteiger partial charge < -0.3 is 0 Å². The third-order valence-electron chi connectivity index (χ3n) is 1.66. The standard InChI is InChI=1S/C10H8.4C2H4/c1-2-6-10-8-4-3-7-9(10)5-1;4*1-2/h1-8H;4*1-2H2. The van der Waals surface area contributed by atoms with E-state index in [-0.39, 0.29) is 0 Å². The molecule has 2 rings (SSSR count). The second kappa shape index (κ2) is 20.1. The van der Waals surface area contributed by atoms with Gasteiger partial charge in [-0.15, -0.1) is 52.6 Å². The molecule has 0 bridgehead atoms. The molecule has 0 fully saturated rings. The SMILES string of the molecule is C=C.C=C.C=C.C=C.c1ccc2ccccc2c1. The van der Waals surface area contributed by atoms with E-state index >= 15 is 0 Å². The van der Waals surface area contributed by atoms with Crippen molar-refractivity contribution in [1.82, 2.24) is 0 Å². The van der Waals surface area contributed by atoms with E-state index in [9.17, 15) is 0 Å². The molecule has 18 heavy (non-hydrogen) atoms. The quantitative estimate of drug-likeness (QED) is 0.492. The summed E-state index contributed by atoms with van der Waals surface area (Å²) in [6.45, 7) is 24.0. The lowest BCUT2D eigenvalue weighted by Gasteiger charge is -1.92. The van der Waals surface area contributed by atoms with E-state index in [1.165, 1.54) is 10.8 Å². The highest BCUT2D eigenvalue weighted by atomic mass is 13.9. The zero-order valence-electron chi connectivity index (χ0n) is 11.3. The van der Waals surface area contributed by atoms with Crippen LogP contribution in [-0.4, -0.2) is 0 Å². The largest absolute Gasteiger partial charge is 0.106 e. The van der Waals surface area contributed by atoms with E-state index in [1.807, 2.05) is 0 Å². The van der Waals surface area contributed by atoms with Crippen LogP contribution >= 0.6 is 0 Å². The molecule has 0 heterocycles. The van der Waals surface area contributed by atoms with Crippen molar-refractivity contribution in [2.45, 2.75) is 0 Å². The summed E-state index contributed by atoms with van der Waals surface area (Å²) >= 11 is 0. The van der Waals surface area contributed by atoms with Gasteiger partial charge in [-0.1, -0.05) is 48.5 Å². The van der Waals surface area contributed by atoms with Crippen LogP contribution in [0.25, 0.3) is 10.8 Å². The third-order valence-corrected chi connectivity index (χ3v) is 1.66. The number of benzene rings is 2. The fourth-order valence-electron chi connectivity index (χ4n) is 1.13. The molecule has 0 amide bonds. The van der Waals surface area contributed by atoms with Crippen LogP contribution in [0.4, 0.5) is 0 Å². The molecule has 0 radical (unpaired) electrons. The smallest absolute Gasteiger partial charge is 0.0184 e. The Morgan fingerprint density at radius 1 is 0.389 bits per heavy atom. The monoisotopic (exact) mass is 240 g/mol. The van der Waals surface area contributed by atoms with Crippen LogP contribution in [-0.2, 0) is 0 Å². The molecule has 0 nitrogen and oxygen atoms in total. The number of fused-ring (bicyclic) bond motifs is 1. The van der Waals surface area contributed by atoms with Gasteiger partial charge in [0.1, 0.15) is 0 Å². The normalized spacial score (nSPS) is 6.44. The predicted octanol–water partition coefficient (Wildman–Crippen LogP) is 6.05. The average Bonchev–Trinajstić information content (AvgIpc) is 2.55. The summed E-state index contributed by atoms with van der Waals surface area (Å²) in [5, 5.41) is 2.62. The second-order valence-corrected chi connectivity index (χ2v) is 2.35. The summed E-state index contributed by atoms with van der Waals surface area (Å²) in [6.07, 6.45) is 0. The summed E-state index contributed by atoms with van der Waals surface area (Å²) in [5.41, 5.74) is 0. The lowest BCUT2D eigenvalue weighted by molar-refractivity contribution is 1.75. The Kier molecular flexibility index (Phi) is 23.5. The fraction of sp³-hybridized carbons (Fsp3) is 0. The van der Waals surface area contributed by atoms with Gasteiger partial charge in [-0.2, -0.15) is 0 Å². The summed E-state index contributed by atoms with van der Waals surface area (Å²) in [6, 6.07) is 16.7. The Balaban J connectivity index is -0.000000244. The van der Waals surface area contributed by atoms with E-state index in [2.05, 4.69) is 101 Å². The lowest BCUT2D eigenvalue weighted by Crippen LogP contribution is -1.67. The van der Waals surface area contributed by atoms with Crippen molar-refractivity contribution in [3.63, 3.8) is 0 Å². The van der Waals surface area contributed by atoms with Crippen LogP contribution in [0.15, 0.2) is 101 Å². The maximum absolute atomic E-state index is 3.00. The molecule has 0 aliphatic heterocycles. The Bertz CT molecular complexity index is 316. The molecule has 0 aliphatic carbocycles. The summed E-state index contributed by atoms with van der Waals surface area (Å²) < 4.78 is 0. The lowest BCUT2D eigenvalue weighted by atomic mass is 10.1. The van der Waals surface area contributed by atoms with Crippen molar-refractivity contribution in [3.8, 4) is 0 Å². The topological polar surface area (TPSA) is 0 Å². The first kappa shape index (κ1) is 21.0. The van der Waals surface area contributed by atoms with Crippen molar-refractivity contribution in [1.29, 1.82) is 0 Å². The van der Waals surface area contributed by atoms with Crippen molar-refractivity contribution in [2.24, 2.45) is 0 Å². The summed E-state index contributed by atoms with van der Waals surface area (Å²) in [7, 11) is 0. The van der Waals surface area contributed by atoms with E-state index in [0.29, 0.717) is 0 Å². The Morgan fingerprint density at radius 3 is 0.722 bits per heavy atom. The Hall–Kier alpha value is -2.34. The van der Waals surface area contributed by atoms with Gasteiger partial charge in [-0.05, 0) is 10.8 Å². The van der Waals surface area contributed by atoms with Gasteiger partial charge in [-0.25, -0.2) is 0 Å². The van der Waals surface area contributed by atoms with Gasteiger partial charge in [0.15, 0.2) is 0 Å². The minimum Gasteiger partial charge on any atom is -0.106 e. The molecule has 0 aromatic heterocycles. The maximum atomic E-state index is 3.00. The fourth-order valence-corrected chi connectivity index (χ4v) is 1.13. The highest BCUT2D eigenvalue weighted by Gasteiger charge is 1.85. The van der Waals surface area contributed by atoms with Crippen molar-refractivity contribution in [2.75, 3.05) is 0 Å². The molecular formula is C18H24. The first-order chi connectivity index (χ1) is 8.97. The minimum atomic E-state index is 1.31. The van der Waals surface area contributed by atoms with Crippen LogP contribution in [0.3, 0.4) is 0 Å². The first-order valence-corrected chi connectivity index (χ1v) is 5.40. The van der Waals surface area contributed by atoms with Crippen LogP contribution in [0, 0.1) is 0 Å². The van der Waals surface area contributed by atoms with Gasteiger partial charge in [0.05, 0.1) is 0 Å². The van der Waals surface area contributed by atoms with Gasteiger partial charge in [0.2, 0.25) is 0 Å². The van der Waals surface area contributed by atoms with E-state index < -0.39 is 0 Å². The van der Waals surface area contributed by atoms with Gasteiger partial charge in [0, 0.05) is 0 Å². The molecule has 0 aliphatic rings. The molecule has 0 atom stereocenters. The molecule has 2 aromatic rings. The molecule has 0 N–H and O–H groups in total. The minimum absolute atomic E-state index is 1.31. The predicted molar refractivity (Wildman–Crippen MR) is 89.0 cm³/mol. The number of rotatable bonds is 0. The Labute approximate surface area is 112 Å². The van der Waals surface area contributed by atoms with Crippen molar-refractivity contribution >= 4 is 10.8 Å². The van der Waals surface area contributed by atoms with Gasteiger partial charge >= 0.3 is 0 Å². The zero-order chi connectivity index (χ0) is 14.8. The molecule has 0 unspecified atom stereocenters. The molecule has 0 spiro atoms. The van der Waals surface area contributed by atoms with Crippen molar-refractivity contribution < 1.29 is 0 Å². The van der Waals surface area contributed by atoms with Crippen LogP contribution in [0.5, 0.6) is 0 Å². The molecular weight excluding hydrogens is 216 g/mol. The molecule has 2 aromatic carbocycles. The molecule has 0 heteroatoms. The number of hydrogen-bond acceptors (Lipinski definition) is 0. The third kappa shape index (κ3) is 8.93. The molecule has 96 valence electrons. The van der Waals surface area contributed by atoms with Crippen molar-refractivity contribution in [3.05, 3.63) is 101 Å². The average molecular weight is 240 g/mol. The van der Waals surface area contributed by atoms with E-state index in [1.54, 1.807) is 0 Å². The maximum Gasteiger partial charge on any atom is -0.0184 e. The second-order valence-electron chi connectivity index (χ2n) is 2.35. The summed E-state index contributed by atoms with van der Waals surface area (Å²) in [5.74, 6) is 0. The summed E-state index contributed by atoms with van der Waals surface area (Å²) in [4.78, 5) is 0. The van der Waals surface area contributed by atoms with E-state index in [0.717, 1.165) is 0 Å². The van der Waals surface area contributed by atoms with Crippen LogP contribution < -0.4 is 0 Å². The zero-order valence-corrected chi connectivity index (χ0v) is 11.3. The van der Waals surface area contributed by atoms with E-state index in [4.69, 9.17) is 0 Å². The van der Waals surface area contributed by atoms with Crippen LogP contribution in [0.1, 0.15) is 0 Å². The van der Waals surface area contributed by atoms with Crippen LogP contribution in [0.2, 0.25) is 0 Å². The first-order valence-electron chi connectivity index (χ1n) is 5.40.